The summed E-state index contributed by atoms with van der Waals surface area (Å²) in [4.78, 5) is 37.7. The van der Waals surface area contributed by atoms with Crippen LogP contribution in [0, 0.1) is 0 Å². The lowest BCUT2D eigenvalue weighted by Gasteiger charge is -2.35. The fourth-order valence-electron chi connectivity index (χ4n) is 2.67. The number of hydrogen-bond donors (Lipinski definition) is 0. The van der Waals surface area contributed by atoms with Crippen LogP contribution in [0.25, 0.3) is 0 Å². The molecule has 1 amide bonds. The van der Waals surface area contributed by atoms with Crippen LogP contribution in [0.15, 0.2) is 24.3 Å². The van der Waals surface area contributed by atoms with Gasteiger partial charge in [0.05, 0.1) is 14.2 Å². The van der Waals surface area contributed by atoms with Crippen LogP contribution < -0.4 is 0 Å². The highest BCUT2D eigenvalue weighted by Crippen LogP contribution is 2.33. The van der Waals surface area contributed by atoms with Crippen molar-refractivity contribution < 1.29 is 23.9 Å². The molecule has 1 aliphatic heterocycles. The molecule has 22 heavy (non-hydrogen) atoms. The molecule has 1 aliphatic rings. The molecule has 0 fully saturated rings. The van der Waals surface area contributed by atoms with Crippen molar-refractivity contribution in [1.29, 1.82) is 0 Å². The molecule has 0 bridgehead atoms. The van der Waals surface area contributed by atoms with Gasteiger partial charge >= 0.3 is 11.9 Å². The molecule has 6 heteroatoms. The molecule has 118 valence electrons. The van der Waals surface area contributed by atoms with Crippen molar-refractivity contribution >= 4 is 17.8 Å². The number of carbonyl (C=O) groups is 3. The van der Waals surface area contributed by atoms with Gasteiger partial charge in [0.25, 0.3) is 5.91 Å². The monoisotopic (exact) mass is 305 g/mol. The van der Waals surface area contributed by atoms with Crippen molar-refractivity contribution in [2.24, 2.45) is 0 Å². The van der Waals surface area contributed by atoms with Gasteiger partial charge in [-0.25, -0.2) is 4.79 Å². The molecule has 0 aliphatic carbocycles. The van der Waals surface area contributed by atoms with E-state index >= 15 is 0 Å². The van der Waals surface area contributed by atoms with E-state index in [2.05, 4.69) is 4.74 Å². The van der Waals surface area contributed by atoms with Crippen molar-refractivity contribution in [2.45, 2.75) is 31.8 Å². The first-order valence-electron chi connectivity index (χ1n) is 6.99. The largest absolute Gasteiger partial charge is 0.469 e. The standard InChI is InChI=1S/C16H19NO5/c1-16(15(20)22-3,9-8-13(18)21-2)17-10-11-6-4-5-7-12(11)14(17)19/h4-7H,8-10H2,1-3H3. The minimum atomic E-state index is -1.21. The van der Waals surface area contributed by atoms with E-state index in [-0.39, 0.29) is 18.7 Å². The summed E-state index contributed by atoms with van der Waals surface area (Å²) >= 11 is 0. The van der Waals surface area contributed by atoms with E-state index in [0.29, 0.717) is 12.1 Å². The molecule has 1 heterocycles. The Balaban J connectivity index is 2.29. The minimum Gasteiger partial charge on any atom is -0.469 e. The van der Waals surface area contributed by atoms with Crippen LogP contribution in [-0.2, 0) is 25.6 Å². The predicted octanol–water partition coefficient (Wildman–Crippen LogP) is 1.53. The van der Waals surface area contributed by atoms with Crippen molar-refractivity contribution in [3.8, 4) is 0 Å². The quantitative estimate of drug-likeness (QED) is 0.771. The smallest absolute Gasteiger partial charge is 0.331 e. The van der Waals surface area contributed by atoms with Crippen LogP contribution in [0.1, 0.15) is 35.7 Å². The highest BCUT2D eigenvalue weighted by molar-refractivity contribution is 6.01. The van der Waals surface area contributed by atoms with Crippen LogP contribution in [0.2, 0.25) is 0 Å². The van der Waals surface area contributed by atoms with E-state index in [1.807, 2.05) is 12.1 Å². The minimum absolute atomic E-state index is 0.0300. The van der Waals surface area contributed by atoms with Gasteiger partial charge in [-0.05, 0) is 25.0 Å². The Bertz CT molecular complexity index is 612. The second-order valence-electron chi connectivity index (χ2n) is 5.39. The molecule has 0 spiro atoms. The molecular formula is C16H19NO5. The van der Waals surface area contributed by atoms with E-state index < -0.39 is 17.5 Å². The molecule has 0 saturated carbocycles. The van der Waals surface area contributed by atoms with Crippen LogP contribution in [0.3, 0.4) is 0 Å². The number of benzene rings is 1. The number of carbonyl (C=O) groups excluding carboxylic acids is 3. The number of fused-ring (bicyclic) bond motifs is 1. The van der Waals surface area contributed by atoms with Crippen molar-refractivity contribution in [3.05, 3.63) is 35.4 Å². The first-order chi connectivity index (χ1) is 10.4. The molecule has 1 atom stereocenters. The highest BCUT2D eigenvalue weighted by atomic mass is 16.5. The molecule has 2 rings (SSSR count). The van der Waals surface area contributed by atoms with E-state index in [1.165, 1.54) is 19.1 Å². The highest BCUT2D eigenvalue weighted by Gasteiger charge is 2.46. The molecular weight excluding hydrogens is 286 g/mol. The zero-order valence-electron chi connectivity index (χ0n) is 12.9. The van der Waals surface area contributed by atoms with Gasteiger partial charge in [-0.3, -0.25) is 9.59 Å². The van der Waals surface area contributed by atoms with Gasteiger partial charge in [-0.15, -0.1) is 0 Å². The average molecular weight is 305 g/mol. The molecule has 6 nitrogen and oxygen atoms in total. The molecule has 0 saturated heterocycles. The molecule has 0 radical (unpaired) electrons. The lowest BCUT2D eigenvalue weighted by molar-refractivity contribution is -0.154. The van der Waals surface area contributed by atoms with Crippen LogP contribution in [-0.4, -0.2) is 42.5 Å². The topological polar surface area (TPSA) is 72.9 Å². The lowest BCUT2D eigenvalue weighted by atomic mass is 9.93. The first kappa shape index (κ1) is 16.0. The maximum Gasteiger partial charge on any atom is 0.331 e. The second kappa shape index (κ2) is 6.17. The number of ether oxygens (including phenoxy) is 2. The fourth-order valence-corrected chi connectivity index (χ4v) is 2.67. The van der Waals surface area contributed by atoms with E-state index in [1.54, 1.807) is 19.1 Å². The van der Waals surface area contributed by atoms with Crippen LogP contribution in [0.4, 0.5) is 0 Å². The Kier molecular flexibility index (Phi) is 4.49. The number of nitrogens with zero attached hydrogens (tertiary/aromatic N) is 1. The summed E-state index contributed by atoms with van der Waals surface area (Å²) in [5, 5.41) is 0. The van der Waals surface area contributed by atoms with Gasteiger partial charge in [-0.2, -0.15) is 0 Å². The molecule has 1 aromatic carbocycles. The number of methoxy groups -OCH3 is 2. The molecule has 0 aromatic heterocycles. The SMILES string of the molecule is COC(=O)CCC(C)(C(=O)OC)N1Cc2ccccc2C1=O. The number of amides is 1. The maximum absolute atomic E-state index is 12.6. The lowest BCUT2D eigenvalue weighted by Crippen LogP contribution is -2.53. The van der Waals surface area contributed by atoms with Gasteiger partial charge < -0.3 is 14.4 Å². The fraction of sp³-hybridized carbons (Fsp3) is 0.438. The third kappa shape index (κ3) is 2.68. The number of rotatable bonds is 5. The summed E-state index contributed by atoms with van der Waals surface area (Å²) < 4.78 is 9.47. The number of esters is 2. The van der Waals surface area contributed by atoms with Gasteiger partial charge in [-0.1, -0.05) is 18.2 Å². The Morgan fingerprint density at radius 3 is 2.50 bits per heavy atom. The summed E-state index contributed by atoms with van der Waals surface area (Å²) in [6.45, 7) is 1.94. The van der Waals surface area contributed by atoms with Crippen LogP contribution >= 0.6 is 0 Å². The van der Waals surface area contributed by atoms with Gasteiger partial charge in [0.1, 0.15) is 5.54 Å². The Labute approximate surface area is 129 Å². The van der Waals surface area contributed by atoms with E-state index in [9.17, 15) is 14.4 Å². The second-order valence-corrected chi connectivity index (χ2v) is 5.39. The van der Waals surface area contributed by atoms with Gasteiger partial charge in [0, 0.05) is 18.5 Å². The van der Waals surface area contributed by atoms with Gasteiger partial charge in [0.15, 0.2) is 0 Å². The third-order valence-electron chi connectivity index (χ3n) is 4.09. The van der Waals surface area contributed by atoms with Gasteiger partial charge in [0.2, 0.25) is 0 Å². The Hall–Kier alpha value is -2.37. The normalized spacial score (nSPS) is 16.0. The van der Waals surface area contributed by atoms with E-state index in [4.69, 9.17) is 4.74 Å². The number of hydrogen-bond acceptors (Lipinski definition) is 5. The summed E-state index contributed by atoms with van der Waals surface area (Å²) in [5.41, 5.74) is 0.232. The zero-order chi connectivity index (χ0) is 16.3. The molecule has 1 unspecified atom stereocenters. The maximum atomic E-state index is 12.6. The third-order valence-corrected chi connectivity index (χ3v) is 4.09. The van der Waals surface area contributed by atoms with E-state index in [0.717, 1.165) is 5.56 Å². The summed E-state index contributed by atoms with van der Waals surface area (Å²) in [7, 11) is 2.56. The summed E-state index contributed by atoms with van der Waals surface area (Å²) in [6, 6.07) is 7.21. The Morgan fingerprint density at radius 2 is 1.91 bits per heavy atom. The van der Waals surface area contributed by atoms with Crippen molar-refractivity contribution in [1.82, 2.24) is 4.90 Å². The first-order valence-corrected chi connectivity index (χ1v) is 6.99. The predicted molar refractivity (Wildman–Crippen MR) is 78.0 cm³/mol. The molecule has 0 N–H and O–H groups in total. The molecule has 1 aromatic rings. The summed E-state index contributed by atoms with van der Waals surface area (Å²) in [6.07, 6.45) is 0.175. The average Bonchev–Trinajstić information content (AvgIpc) is 2.89. The Morgan fingerprint density at radius 1 is 1.23 bits per heavy atom. The van der Waals surface area contributed by atoms with Crippen LogP contribution in [0.5, 0.6) is 0 Å². The zero-order valence-corrected chi connectivity index (χ0v) is 12.9. The summed E-state index contributed by atoms with van der Waals surface area (Å²) in [5.74, 6) is -1.20. The van der Waals surface area contributed by atoms with Crippen molar-refractivity contribution in [2.75, 3.05) is 14.2 Å². The van der Waals surface area contributed by atoms with Crippen molar-refractivity contribution in [3.63, 3.8) is 0 Å².